The largest absolute Gasteiger partial charge is 0.496 e. The van der Waals surface area contributed by atoms with Crippen molar-refractivity contribution in [3.05, 3.63) is 70.0 Å². The highest BCUT2D eigenvalue weighted by molar-refractivity contribution is 14.0. The molecule has 1 heterocycles. The fourth-order valence-electron chi connectivity index (χ4n) is 2.68. The zero-order valence-electron chi connectivity index (χ0n) is 16.5. The topological polar surface area (TPSA) is 71.7 Å². The van der Waals surface area contributed by atoms with Crippen LogP contribution < -0.4 is 15.4 Å². The van der Waals surface area contributed by atoms with Crippen LogP contribution in [0.15, 0.2) is 62.6 Å². The third-order valence-corrected chi connectivity index (χ3v) is 4.69. The molecular formula is C21H24BrIN4O2. The summed E-state index contributed by atoms with van der Waals surface area (Å²) in [4.78, 5) is 8.79. The Kier molecular flexibility index (Phi) is 8.97. The van der Waals surface area contributed by atoms with E-state index in [1.165, 1.54) is 5.56 Å². The molecule has 0 fully saturated rings. The predicted molar refractivity (Wildman–Crippen MR) is 130 cm³/mol. The molecule has 0 atom stereocenters. The quantitative estimate of drug-likeness (QED) is 0.250. The van der Waals surface area contributed by atoms with Crippen molar-refractivity contribution in [2.24, 2.45) is 4.99 Å². The smallest absolute Gasteiger partial charge is 0.226 e. The molecule has 6 nitrogen and oxygen atoms in total. The number of benzene rings is 2. The standard InChI is InChI=1S/C21H23BrN4O2.HI/c1-14-4-6-15(7-5-14)20-26-18(13-28-20)12-25-21(23-2)24-11-16-10-17(22)8-9-19(16)27-3;/h4-10,13H,11-12H2,1-3H3,(H2,23,24,25);1H. The lowest BCUT2D eigenvalue weighted by atomic mass is 10.1. The van der Waals surface area contributed by atoms with Gasteiger partial charge >= 0.3 is 0 Å². The van der Waals surface area contributed by atoms with Gasteiger partial charge in [-0.3, -0.25) is 4.99 Å². The number of rotatable bonds is 6. The molecule has 0 radical (unpaired) electrons. The molecule has 0 spiro atoms. The maximum atomic E-state index is 5.60. The van der Waals surface area contributed by atoms with Gasteiger partial charge in [-0.2, -0.15) is 0 Å². The van der Waals surface area contributed by atoms with Gasteiger partial charge in [0.25, 0.3) is 0 Å². The summed E-state index contributed by atoms with van der Waals surface area (Å²) in [5.41, 5.74) is 4.00. The fraction of sp³-hybridized carbons (Fsp3) is 0.238. The second-order valence-corrected chi connectivity index (χ2v) is 7.16. The van der Waals surface area contributed by atoms with Crippen molar-refractivity contribution in [2.75, 3.05) is 14.2 Å². The Balaban J connectivity index is 0.00000300. The van der Waals surface area contributed by atoms with Crippen molar-refractivity contribution in [1.82, 2.24) is 15.6 Å². The van der Waals surface area contributed by atoms with E-state index < -0.39 is 0 Å². The first kappa shape index (κ1) is 23.2. The molecule has 0 amide bonds. The number of oxazole rings is 1. The van der Waals surface area contributed by atoms with Gasteiger partial charge in [-0.05, 0) is 37.3 Å². The second-order valence-electron chi connectivity index (χ2n) is 6.25. The van der Waals surface area contributed by atoms with Crippen LogP contribution in [0.3, 0.4) is 0 Å². The van der Waals surface area contributed by atoms with Crippen LogP contribution in [0.25, 0.3) is 11.5 Å². The van der Waals surface area contributed by atoms with Gasteiger partial charge in [-0.1, -0.05) is 33.6 Å². The molecule has 3 aromatic rings. The van der Waals surface area contributed by atoms with Gasteiger partial charge in [-0.25, -0.2) is 4.98 Å². The Bertz CT molecular complexity index is 958. The highest BCUT2D eigenvalue weighted by atomic mass is 127. The number of nitrogens with one attached hydrogen (secondary N) is 2. The average molecular weight is 571 g/mol. The Hall–Kier alpha value is -2.07. The van der Waals surface area contributed by atoms with E-state index in [-0.39, 0.29) is 24.0 Å². The summed E-state index contributed by atoms with van der Waals surface area (Å²) in [6.07, 6.45) is 1.66. The number of aromatic nitrogens is 1. The Morgan fingerprint density at radius 3 is 2.55 bits per heavy atom. The first-order valence-corrected chi connectivity index (χ1v) is 9.66. The molecule has 8 heteroatoms. The molecule has 1 aromatic heterocycles. The first-order valence-electron chi connectivity index (χ1n) is 8.87. The third kappa shape index (κ3) is 6.46. The Morgan fingerprint density at radius 2 is 1.86 bits per heavy atom. The van der Waals surface area contributed by atoms with Crippen molar-refractivity contribution in [1.29, 1.82) is 0 Å². The van der Waals surface area contributed by atoms with E-state index in [4.69, 9.17) is 9.15 Å². The van der Waals surface area contributed by atoms with Crippen molar-refractivity contribution in [3.63, 3.8) is 0 Å². The highest BCUT2D eigenvalue weighted by Crippen LogP contribution is 2.22. The molecule has 0 bridgehead atoms. The van der Waals surface area contributed by atoms with Crippen molar-refractivity contribution >= 4 is 45.9 Å². The summed E-state index contributed by atoms with van der Waals surface area (Å²) in [5, 5.41) is 6.53. The van der Waals surface area contributed by atoms with Gasteiger partial charge in [0, 0.05) is 29.2 Å². The van der Waals surface area contributed by atoms with Crippen LogP contribution in [0, 0.1) is 6.92 Å². The molecule has 0 aliphatic rings. The van der Waals surface area contributed by atoms with Gasteiger partial charge in [0.1, 0.15) is 12.0 Å². The predicted octanol–water partition coefficient (Wildman–Crippen LogP) is 4.90. The molecule has 29 heavy (non-hydrogen) atoms. The minimum atomic E-state index is 0. The van der Waals surface area contributed by atoms with Crippen molar-refractivity contribution in [3.8, 4) is 17.2 Å². The molecule has 0 saturated carbocycles. The number of hydrogen-bond acceptors (Lipinski definition) is 4. The average Bonchev–Trinajstić information content (AvgIpc) is 3.18. The lowest BCUT2D eigenvalue weighted by Crippen LogP contribution is -2.36. The van der Waals surface area contributed by atoms with Gasteiger partial charge in [0.05, 0.1) is 19.3 Å². The van der Waals surface area contributed by atoms with Gasteiger partial charge in [-0.15, -0.1) is 24.0 Å². The SMILES string of the molecule is CN=C(NCc1coc(-c2ccc(C)cc2)n1)NCc1cc(Br)ccc1OC.I. The van der Waals surface area contributed by atoms with Crippen LogP contribution in [-0.4, -0.2) is 25.1 Å². The van der Waals surface area contributed by atoms with Gasteiger partial charge in [0.15, 0.2) is 5.96 Å². The number of ether oxygens (including phenoxy) is 1. The molecule has 0 unspecified atom stereocenters. The number of aryl methyl sites for hydroxylation is 1. The van der Waals surface area contributed by atoms with Gasteiger partial charge < -0.3 is 19.8 Å². The zero-order chi connectivity index (χ0) is 19.9. The Morgan fingerprint density at radius 1 is 1.14 bits per heavy atom. The van der Waals surface area contributed by atoms with Crippen LogP contribution in [0.4, 0.5) is 0 Å². The van der Waals surface area contributed by atoms with Crippen LogP contribution in [0.2, 0.25) is 0 Å². The monoisotopic (exact) mass is 570 g/mol. The first-order chi connectivity index (χ1) is 13.6. The number of aliphatic imine (C=N–C) groups is 1. The van der Waals surface area contributed by atoms with Crippen molar-refractivity contribution < 1.29 is 9.15 Å². The van der Waals surface area contributed by atoms with E-state index in [9.17, 15) is 0 Å². The number of hydrogen-bond donors (Lipinski definition) is 2. The number of halogens is 2. The third-order valence-electron chi connectivity index (χ3n) is 4.20. The summed E-state index contributed by atoms with van der Waals surface area (Å²) < 4.78 is 12.0. The summed E-state index contributed by atoms with van der Waals surface area (Å²) in [5.74, 6) is 2.10. The van der Waals surface area contributed by atoms with E-state index in [1.807, 2.05) is 42.5 Å². The summed E-state index contributed by atoms with van der Waals surface area (Å²) in [6.45, 7) is 3.14. The number of methoxy groups -OCH3 is 1. The lowest BCUT2D eigenvalue weighted by molar-refractivity contribution is 0.409. The molecule has 3 rings (SSSR count). The van der Waals surface area contributed by atoms with E-state index in [2.05, 4.69) is 43.5 Å². The highest BCUT2D eigenvalue weighted by Gasteiger charge is 2.08. The van der Waals surface area contributed by atoms with Crippen molar-refractivity contribution in [2.45, 2.75) is 20.0 Å². The minimum absolute atomic E-state index is 0. The lowest BCUT2D eigenvalue weighted by Gasteiger charge is -2.13. The molecule has 154 valence electrons. The molecular weight excluding hydrogens is 547 g/mol. The van der Waals surface area contributed by atoms with Crippen LogP contribution >= 0.6 is 39.9 Å². The maximum absolute atomic E-state index is 5.60. The van der Waals surface area contributed by atoms with Gasteiger partial charge in [0.2, 0.25) is 5.89 Å². The molecule has 0 aliphatic carbocycles. The van der Waals surface area contributed by atoms with E-state index >= 15 is 0 Å². The normalized spacial score (nSPS) is 11.0. The fourth-order valence-corrected chi connectivity index (χ4v) is 3.08. The number of nitrogens with zero attached hydrogens (tertiary/aromatic N) is 2. The number of guanidine groups is 1. The minimum Gasteiger partial charge on any atom is -0.496 e. The Labute approximate surface area is 196 Å². The zero-order valence-corrected chi connectivity index (χ0v) is 20.4. The summed E-state index contributed by atoms with van der Waals surface area (Å²) in [6, 6.07) is 14.0. The molecule has 2 aromatic carbocycles. The summed E-state index contributed by atoms with van der Waals surface area (Å²) >= 11 is 3.49. The van der Waals surface area contributed by atoms with E-state index in [1.54, 1.807) is 20.4 Å². The van der Waals surface area contributed by atoms with E-state index in [0.29, 0.717) is 24.9 Å². The molecule has 0 aliphatic heterocycles. The van der Waals surface area contributed by atoms with Crippen LogP contribution in [0.1, 0.15) is 16.8 Å². The molecule has 2 N–H and O–H groups in total. The van der Waals surface area contributed by atoms with E-state index in [0.717, 1.165) is 27.0 Å². The second kappa shape index (κ2) is 11.2. The van der Waals surface area contributed by atoms with Crippen LogP contribution in [0.5, 0.6) is 5.75 Å². The summed E-state index contributed by atoms with van der Waals surface area (Å²) in [7, 11) is 3.39. The van der Waals surface area contributed by atoms with Crippen LogP contribution in [-0.2, 0) is 13.1 Å². The maximum Gasteiger partial charge on any atom is 0.226 e. The molecule has 0 saturated heterocycles.